The van der Waals surface area contributed by atoms with Gasteiger partial charge in [-0.05, 0) is 29.7 Å². The highest BCUT2D eigenvalue weighted by atomic mass is 19.1. The van der Waals surface area contributed by atoms with E-state index in [0.29, 0.717) is 13.0 Å². The number of fused-ring (bicyclic) bond motifs is 1. The lowest BCUT2D eigenvalue weighted by Gasteiger charge is -2.25. The topological polar surface area (TPSA) is 41.1 Å². The number of rotatable bonds is 2. The summed E-state index contributed by atoms with van der Waals surface area (Å²) in [7, 11) is 0. The molecule has 0 unspecified atom stereocenters. The highest BCUT2D eigenvalue weighted by molar-refractivity contribution is 5.95. The summed E-state index contributed by atoms with van der Waals surface area (Å²) in [6.07, 6.45) is 0.621. The van der Waals surface area contributed by atoms with Crippen molar-refractivity contribution in [3.63, 3.8) is 0 Å². The largest absolute Gasteiger partial charge is 0.322 e. The smallest absolute Gasteiger partial charge is 0.241 e. The number of hydrogen-bond acceptors (Lipinski definition) is 2. The van der Waals surface area contributed by atoms with Crippen LogP contribution in [0.2, 0.25) is 0 Å². The van der Waals surface area contributed by atoms with Gasteiger partial charge < -0.3 is 10.6 Å². The second-order valence-electron chi connectivity index (χ2n) is 4.88. The molecule has 0 saturated carbocycles. The number of carbonyl (C=O) groups is 1. The minimum absolute atomic E-state index is 0.204. The average molecular weight is 270 g/mol. The normalized spacial score (nSPS) is 17.4. The van der Waals surface area contributed by atoms with Gasteiger partial charge >= 0.3 is 0 Å². The van der Waals surface area contributed by atoms with Crippen molar-refractivity contribution in [1.82, 2.24) is 5.32 Å². The second-order valence-corrected chi connectivity index (χ2v) is 4.88. The van der Waals surface area contributed by atoms with Crippen LogP contribution in [-0.4, -0.2) is 11.9 Å². The predicted molar refractivity (Wildman–Crippen MR) is 75.8 cm³/mol. The maximum absolute atomic E-state index is 13.5. The third kappa shape index (κ3) is 2.56. The summed E-state index contributed by atoms with van der Waals surface area (Å²) in [6.45, 7) is 0.658. The number of hydrogen-bond donors (Lipinski definition) is 2. The molecular weight excluding hydrogens is 255 g/mol. The Labute approximate surface area is 116 Å². The molecule has 0 radical (unpaired) electrons. The molecule has 0 bridgehead atoms. The van der Waals surface area contributed by atoms with E-state index < -0.39 is 5.82 Å². The van der Waals surface area contributed by atoms with Crippen molar-refractivity contribution in [3.8, 4) is 0 Å². The summed E-state index contributed by atoms with van der Waals surface area (Å²) >= 11 is 0. The molecule has 2 aromatic rings. The molecule has 0 fully saturated rings. The van der Waals surface area contributed by atoms with Crippen molar-refractivity contribution in [2.45, 2.75) is 19.0 Å². The summed E-state index contributed by atoms with van der Waals surface area (Å²) in [5.74, 6) is -0.623. The molecule has 1 atom stereocenters. The van der Waals surface area contributed by atoms with Gasteiger partial charge in [0, 0.05) is 6.54 Å². The quantitative estimate of drug-likeness (QED) is 0.880. The first-order chi connectivity index (χ1) is 9.74. The van der Waals surface area contributed by atoms with E-state index in [1.165, 1.54) is 17.2 Å². The van der Waals surface area contributed by atoms with E-state index in [9.17, 15) is 9.18 Å². The molecule has 4 heteroatoms. The molecule has 2 aromatic carbocycles. The molecule has 2 N–H and O–H groups in total. The van der Waals surface area contributed by atoms with E-state index >= 15 is 0 Å². The maximum atomic E-state index is 13.5. The maximum Gasteiger partial charge on any atom is 0.241 e. The predicted octanol–water partition coefficient (Wildman–Crippen LogP) is 2.48. The Morgan fingerprint density at radius 1 is 1.10 bits per heavy atom. The molecule has 1 aliphatic rings. The Morgan fingerprint density at radius 2 is 1.80 bits per heavy atom. The summed E-state index contributed by atoms with van der Waals surface area (Å²) < 4.78 is 13.5. The summed E-state index contributed by atoms with van der Waals surface area (Å²) in [6, 6.07) is 13.9. The highest BCUT2D eigenvalue weighted by Crippen LogP contribution is 2.18. The van der Waals surface area contributed by atoms with Gasteiger partial charge in [0.15, 0.2) is 0 Å². The Kier molecular flexibility index (Phi) is 3.48. The summed E-state index contributed by atoms with van der Waals surface area (Å²) in [4.78, 5) is 12.2. The highest BCUT2D eigenvalue weighted by Gasteiger charge is 2.24. The standard InChI is InChI=1S/C16H15FN2O/c17-13-7-3-4-8-14(13)19-16(20)15-9-11-5-1-2-6-12(11)10-18-15/h1-8,15,18H,9-10H2,(H,19,20)/t15-/m0/s1. The van der Waals surface area contributed by atoms with E-state index in [1.54, 1.807) is 18.2 Å². The van der Waals surface area contributed by atoms with E-state index in [4.69, 9.17) is 0 Å². The Morgan fingerprint density at radius 3 is 2.60 bits per heavy atom. The molecule has 1 aliphatic heterocycles. The minimum Gasteiger partial charge on any atom is -0.322 e. The van der Waals surface area contributed by atoms with Crippen LogP contribution < -0.4 is 10.6 Å². The van der Waals surface area contributed by atoms with Gasteiger partial charge in [-0.2, -0.15) is 0 Å². The SMILES string of the molecule is O=C(Nc1ccccc1F)[C@@H]1Cc2ccccc2CN1. The van der Waals surface area contributed by atoms with Crippen LogP contribution in [0, 0.1) is 5.82 Å². The van der Waals surface area contributed by atoms with E-state index in [-0.39, 0.29) is 17.6 Å². The lowest BCUT2D eigenvalue weighted by atomic mass is 9.95. The zero-order chi connectivity index (χ0) is 13.9. The van der Waals surface area contributed by atoms with Crippen LogP contribution in [-0.2, 0) is 17.8 Å². The average Bonchev–Trinajstić information content (AvgIpc) is 2.49. The van der Waals surface area contributed by atoms with E-state index in [2.05, 4.69) is 10.6 Å². The van der Waals surface area contributed by atoms with Gasteiger partial charge in [-0.1, -0.05) is 36.4 Å². The van der Waals surface area contributed by atoms with Crippen LogP contribution in [0.3, 0.4) is 0 Å². The van der Waals surface area contributed by atoms with Gasteiger partial charge in [0.2, 0.25) is 5.91 Å². The van der Waals surface area contributed by atoms with Gasteiger partial charge in [-0.15, -0.1) is 0 Å². The monoisotopic (exact) mass is 270 g/mol. The fraction of sp³-hybridized carbons (Fsp3) is 0.188. The van der Waals surface area contributed by atoms with Crippen molar-refractivity contribution < 1.29 is 9.18 Å². The van der Waals surface area contributed by atoms with Crippen LogP contribution >= 0.6 is 0 Å². The first-order valence-corrected chi connectivity index (χ1v) is 6.59. The molecule has 3 nitrogen and oxygen atoms in total. The molecule has 1 heterocycles. The number of amides is 1. The van der Waals surface area contributed by atoms with E-state index in [0.717, 1.165) is 0 Å². The zero-order valence-corrected chi connectivity index (χ0v) is 10.9. The molecule has 0 aliphatic carbocycles. The first-order valence-electron chi connectivity index (χ1n) is 6.59. The lowest BCUT2D eigenvalue weighted by molar-refractivity contribution is -0.118. The summed E-state index contributed by atoms with van der Waals surface area (Å²) in [5.41, 5.74) is 2.60. The van der Waals surface area contributed by atoms with Crippen LogP contribution in [0.15, 0.2) is 48.5 Å². The molecule has 1 amide bonds. The number of halogens is 1. The van der Waals surface area contributed by atoms with Crippen LogP contribution in [0.25, 0.3) is 0 Å². The lowest BCUT2D eigenvalue weighted by Crippen LogP contribution is -2.44. The fourth-order valence-corrected chi connectivity index (χ4v) is 2.42. The van der Waals surface area contributed by atoms with Crippen LogP contribution in [0.1, 0.15) is 11.1 Å². The van der Waals surface area contributed by atoms with Crippen molar-refractivity contribution in [2.24, 2.45) is 0 Å². The van der Waals surface area contributed by atoms with E-state index in [1.807, 2.05) is 24.3 Å². The van der Waals surface area contributed by atoms with Crippen LogP contribution in [0.4, 0.5) is 10.1 Å². The van der Waals surface area contributed by atoms with Crippen molar-refractivity contribution in [3.05, 3.63) is 65.5 Å². The van der Waals surface area contributed by atoms with Crippen molar-refractivity contribution in [1.29, 1.82) is 0 Å². The van der Waals surface area contributed by atoms with Gasteiger partial charge in [0.1, 0.15) is 5.82 Å². The summed E-state index contributed by atoms with van der Waals surface area (Å²) in [5, 5.41) is 5.81. The van der Waals surface area contributed by atoms with Crippen molar-refractivity contribution in [2.75, 3.05) is 5.32 Å². The van der Waals surface area contributed by atoms with Gasteiger partial charge in [0.25, 0.3) is 0 Å². The zero-order valence-electron chi connectivity index (χ0n) is 10.9. The molecule has 3 rings (SSSR count). The van der Waals surface area contributed by atoms with Crippen LogP contribution in [0.5, 0.6) is 0 Å². The number of anilines is 1. The molecule has 0 spiro atoms. The Bertz CT molecular complexity index is 642. The number of nitrogens with one attached hydrogen (secondary N) is 2. The first kappa shape index (κ1) is 12.8. The Balaban J connectivity index is 1.72. The molecule has 0 aromatic heterocycles. The third-order valence-corrected chi connectivity index (χ3v) is 3.53. The second kappa shape index (κ2) is 5.43. The van der Waals surface area contributed by atoms with Gasteiger partial charge in [-0.3, -0.25) is 4.79 Å². The molecule has 20 heavy (non-hydrogen) atoms. The molecule has 102 valence electrons. The van der Waals surface area contributed by atoms with Gasteiger partial charge in [0.05, 0.1) is 11.7 Å². The number of benzene rings is 2. The third-order valence-electron chi connectivity index (χ3n) is 3.53. The molecule has 0 saturated heterocycles. The Hall–Kier alpha value is -2.20. The van der Waals surface area contributed by atoms with Crippen molar-refractivity contribution >= 4 is 11.6 Å². The number of carbonyl (C=O) groups excluding carboxylic acids is 1. The number of para-hydroxylation sites is 1. The minimum atomic E-state index is -0.419. The van der Waals surface area contributed by atoms with Gasteiger partial charge in [-0.25, -0.2) is 4.39 Å². The molecular formula is C16H15FN2O. The fourth-order valence-electron chi connectivity index (χ4n) is 2.42.